The summed E-state index contributed by atoms with van der Waals surface area (Å²) < 4.78 is 17.3. The van der Waals surface area contributed by atoms with Crippen LogP contribution < -0.4 is 4.74 Å². The summed E-state index contributed by atoms with van der Waals surface area (Å²) in [7, 11) is 0. The van der Waals surface area contributed by atoms with Crippen molar-refractivity contribution < 1.29 is 13.9 Å². The summed E-state index contributed by atoms with van der Waals surface area (Å²) in [5.41, 5.74) is -1.10. The first-order valence-corrected chi connectivity index (χ1v) is 3.96. The van der Waals surface area contributed by atoms with E-state index in [1.165, 1.54) is 12.1 Å². The molecule has 0 aliphatic carbocycles. The molecule has 0 saturated heterocycles. The zero-order valence-corrected chi connectivity index (χ0v) is 7.89. The molecular weight excluding hydrogens is 252 g/mol. The van der Waals surface area contributed by atoms with Gasteiger partial charge in [0, 0.05) is 11.6 Å². The molecule has 1 heterocycles. The summed E-state index contributed by atoms with van der Waals surface area (Å²) >= 11 is 7.79. The van der Waals surface area contributed by atoms with Gasteiger partial charge in [0.25, 0.3) is 5.95 Å². The van der Waals surface area contributed by atoms with Gasteiger partial charge in [0.1, 0.15) is 4.60 Å². The highest BCUT2D eigenvalue weighted by Gasteiger charge is 2.08. The summed E-state index contributed by atoms with van der Waals surface area (Å²) in [5.74, 6) is -1.18. The van der Waals surface area contributed by atoms with Gasteiger partial charge in [0.2, 0.25) is 0 Å². The van der Waals surface area contributed by atoms with Crippen LogP contribution in [0.5, 0.6) is 5.75 Å². The fourth-order valence-corrected chi connectivity index (χ4v) is 0.933. The molecule has 1 rings (SSSR count). The maximum absolute atomic E-state index is 12.7. The Kier molecular flexibility index (Phi) is 2.99. The van der Waals surface area contributed by atoms with Gasteiger partial charge in [-0.1, -0.05) is 0 Å². The highest BCUT2D eigenvalue weighted by molar-refractivity contribution is 9.10. The molecule has 0 amide bonds. The SMILES string of the molecule is O=C(Cl)Oc1ccc(Br)nc1F. The molecule has 0 atom stereocenters. The molecule has 0 aliphatic heterocycles. The summed E-state index contributed by atoms with van der Waals surface area (Å²) in [6.45, 7) is 0. The monoisotopic (exact) mass is 253 g/mol. The zero-order valence-electron chi connectivity index (χ0n) is 5.55. The van der Waals surface area contributed by atoms with E-state index in [0.29, 0.717) is 4.60 Å². The fourth-order valence-electron chi connectivity index (χ4n) is 0.562. The predicted molar refractivity (Wildman–Crippen MR) is 43.8 cm³/mol. The Morgan fingerprint density at radius 1 is 1.67 bits per heavy atom. The number of hydrogen-bond acceptors (Lipinski definition) is 3. The molecule has 0 N–H and O–H groups in total. The zero-order chi connectivity index (χ0) is 9.14. The van der Waals surface area contributed by atoms with E-state index in [4.69, 9.17) is 11.6 Å². The van der Waals surface area contributed by atoms with Gasteiger partial charge in [-0.3, -0.25) is 0 Å². The highest BCUT2D eigenvalue weighted by atomic mass is 79.9. The Labute approximate surface area is 80.6 Å². The smallest absolute Gasteiger partial charge is 0.409 e. The van der Waals surface area contributed by atoms with Crippen molar-refractivity contribution >= 4 is 33.0 Å². The molecule has 12 heavy (non-hydrogen) atoms. The molecular formula is C6H2BrClFNO2. The summed E-state index contributed by atoms with van der Waals surface area (Å²) in [5, 5.41) is 0. The normalized spacial score (nSPS) is 9.58. The quantitative estimate of drug-likeness (QED) is 0.571. The number of hydrogen-bond donors (Lipinski definition) is 0. The molecule has 0 aromatic carbocycles. The van der Waals surface area contributed by atoms with Crippen LogP contribution in [0.25, 0.3) is 0 Å². The van der Waals surface area contributed by atoms with Crippen molar-refractivity contribution in [3.05, 3.63) is 22.7 Å². The number of pyridine rings is 1. The van der Waals surface area contributed by atoms with Crippen LogP contribution in [0, 0.1) is 5.95 Å². The summed E-state index contributed by atoms with van der Waals surface area (Å²) in [6, 6.07) is 2.67. The number of rotatable bonds is 1. The Bertz CT molecular complexity index is 320. The molecule has 0 fully saturated rings. The number of halogens is 3. The number of nitrogens with zero attached hydrogens (tertiary/aromatic N) is 1. The van der Waals surface area contributed by atoms with Gasteiger partial charge < -0.3 is 4.74 Å². The second-order valence-electron chi connectivity index (χ2n) is 1.76. The fraction of sp³-hybridized carbons (Fsp3) is 0. The molecule has 3 nitrogen and oxygen atoms in total. The lowest BCUT2D eigenvalue weighted by Gasteiger charge is -1.99. The Morgan fingerprint density at radius 2 is 2.33 bits per heavy atom. The molecule has 6 heteroatoms. The highest BCUT2D eigenvalue weighted by Crippen LogP contribution is 2.18. The lowest BCUT2D eigenvalue weighted by molar-refractivity contribution is 0.223. The van der Waals surface area contributed by atoms with E-state index in [2.05, 4.69) is 25.7 Å². The van der Waals surface area contributed by atoms with Crippen LogP contribution >= 0.6 is 27.5 Å². The molecule has 0 unspecified atom stereocenters. The van der Waals surface area contributed by atoms with E-state index in [0.717, 1.165) is 0 Å². The Morgan fingerprint density at radius 3 is 2.83 bits per heavy atom. The standard InChI is InChI=1S/C6H2BrClFNO2/c7-4-2-1-3(5(9)10-4)12-6(8)11/h1-2H. The molecule has 1 aromatic rings. The second kappa shape index (κ2) is 3.82. The molecule has 0 radical (unpaired) electrons. The topological polar surface area (TPSA) is 39.2 Å². The average Bonchev–Trinajstić information content (AvgIpc) is 1.94. The van der Waals surface area contributed by atoms with Crippen LogP contribution in [0.3, 0.4) is 0 Å². The Balaban J connectivity index is 2.93. The van der Waals surface area contributed by atoms with Gasteiger partial charge in [-0.15, -0.1) is 0 Å². The lowest BCUT2D eigenvalue weighted by atomic mass is 10.4. The first-order chi connectivity index (χ1) is 5.59. The van der Waals surface area contributed by atoms with Gasteiger partial charge in [-0.2, -0.15) is 4.39 Å². The maximum Gasteiger partial charge on any atom is 0.409 e. The van der Waals surface area contributed by atoms with E-state index < -0.39 is 11.4 Å². The number of carbonyl (C=O) groups is 1. The largest absolute Gasteiger partial charge is 0.410 e. The minimum atomic E-state index is -1.10. The summed E-state index contributed by atoms with van der Waals surface area (Å²) in [6.07, 6.45) is 0. The average molecular weight is 254 g/mol. The van der Waals surface area contributed by atoms with Crippen molar-refractivity contribution in [3.63, 3.8) is 0 Å². The molecule has 1 aromatic heterocycles. The lowest BCUT2D eigenvalue weighted by Crippen LogP contribution is -1.99. The van der Waals surface area contributed by atoms with Gasteiger partial charge in [0.05, 0.1) is 0 Å². The summed E-state index contributed by atoms with van der Waals surface area (Å²) in [4.78, 5) is 13.5. The van der Waals surface area contributed by atoms with Gasteiger partial charge >= 0.3 is 5.43 Å². The van der Waals surface area contributed by atoms with E-state index in [1.807, 2.05) is 0 Å². The van der Waals surface area contributed by atoms with Crippen molar-refractivity contribution in [2.45, 2.75) is 0 Å². The minimum Gasteiger partial charge on any atom is -0.410 e. The minimum absolute atomic E-state index is 0.293. The van der Waals surface area contributed by atoms with E-state index >= 15 is 0 Å². The van der Waals surface area contributed by atoms with Crippen LogP contribution in [0.1, 0.15) is 0 Å². The van der Waals surface area contributed by atoms with E-state index in [9.17, 15) is 9.18 Å². The molecule has 64 valence electrons. The van der Waals surface area contributed by atoms with Crippen molar-refractivity contribution in [2.24, 2.45) is 0 Å². The third kappa shape index (κ3) is 2.42. The second-order valence-corrected chi connectivity index (χ2v) is 2.88. The molecule has 0 bridgehead atoms. The van der Waals surface area contributed by atoms with Crippen molar-refractivity contribution in [1.82, 2.24) is 4.98 Å². The van der Waals surface area contributed by atoms with Crippen LogP contribution in [0.2, 0.25) is 0 Å². The van der Waals surface area contributed by atoms with Gasteiger partial charge in [0.15, 0.2) is 5.75 Å². The molecule has 0 spiro atoms. The first-order valence-electron chi connectivity index (χ1n) is 2.79. The molecule has 0 aliphatic rings. The first kappa shape index (κ1) is 9.41. The van der Waals surface area contributed by atoms with Crippen LogP contribution in [-0.2, 0) is 0 Å². The van der Waals surface area contributed by atoms with Gasteiger partial charge in [-0.25, -0.2) is 9.78 Å². The Hall–Kier alpha value is -0.680. The van der Waals surface area contributed by atoms with Crippen molar-refractivity contribution in [1.29, 1.82) is 0 Å². The number of ether oxygens (including phenoxy) is 1. The number of carbonyl (C=O) groups excluding carboxylic acids is 1. The third-order valence-electron chi connectivity index (χ3n) is 0.971. The van der Waals surface area contributed by atoms with Crippen LogP contribution in [-0.4, -0.2) is 10.4 Å². The van der Waals surface area contributed by atoms with Crippen molar-refractivity contribution in [3.8, 4) is 5.75 Å². The maximum atomic E-state index is 12.7. The third-order valence-corrected chi connectivity index (χ3v) is 1.49. The number of aromatic nitrogens is 1. The van der Waals surface area contributed by atoms with E-state index in [-0.39, 0.29) is 5.75 Å². The predicted octanol–water partition coefficient (Wildman–Crippen LogP) is 2.72. The van der Waals surface area contributed by atoms with E-state index in [1.54, 1.807) is 0 Å². The van der Waals surface area contributed by atoms with Crippen LogP contribution in [0.15, 0.2) is 16.7 Å². The van der Waals surface area contributed by atoms with Gasteiger partial charge in [-0.05, 0) is 28.1 Å². The van der Waals surface area contributed by atoms with Crippen molar-refractivity contribution in [2.75, 3.05) is 0 Å². The molecule has 0 saturated carbocycles. The van der Waals surface area contributed by atoms with Crippen LogP contribution in [0.4, 0.5) is 9.18 Å².